The Hall–Kier alpha value is -0.880. The van der Waals surface area contributed by atoms with Gasteiger partial charge in [0.1, 0.15) is 5.82 Å². The lowest BCUT2D eigenvalue weighted by atomic mass is 10.0. The topological polar surface area (TPSA) is 29.9 Å². The molecule has 1 aromatic heterocycles. The van der Waals surface area contributed by atoms with Gasteiger partial charge in [0.05, 0.1) is 0 Å². The molecule has 3 nitrogen and oxygen atoms in total. The molecule has 2 aromatic rings. The fourth-order valence-electron chi connectivity index (χ4n) is 2.31. The summed E-state index contributed by atoms with van der Waals surface area (Å²) in [5.41, 5.74) is 1.37. The summed E-state index contributed by atoms with van der Waals surface area (Å²) in [5.74, 6) is 1.15. The van der Waals surface area contributed by atoms with Gasteiger partial charge in [-0.05, 0) is 59.7 Å². The van der Waals surface area contributed by atoms with Crippen LogP contribution in [0.4, 0.5) is 0 Å². The normalized spacial score (nSPS) is 12.6. The van der Waals surface area contributed by atoms with Crippen LogP contribution in [0.15, 0.2) is 36.7 Å². The Kier molecular flexibility index (Phi) is 6.04. The Morgan fingerprint density at radius 3 is 2.65 bits per heavy atom. The number of halogens is 1. The highest BCUT2D eigenvalue weighted by Crippen LogP contribution is 2.20. The van der Waals surface area contributed by atoms with Crippen molar-refractivity contribution in [2.45, 2.75) is 32.2 Å². The molecular weight excluding hydrogens is 361 g/mol. The van der Waals surface area contributed by atoms with Crippen LogP contribution in [0.3, 0.4) is 0 Å². The molecule has 1 unspecified atom stereocenters. The fourth-order valence-corrected chi connectivity index (χ4v) is 2.67. The molecule has 0 fully saturated rings. The highest BCUT2D eigenvalue weighted by molar-refractivity contribution is 14.1. The summed E-state index contributed by atoms with van der Waals surface area (Å²) in [6, 6.07) is 9.22. The molecule has 1 aromatic carbocycles. The molecular formula is C16H22IN3. The smallest absolute Gasteiger partial charge is 0.108 e. The van der Waals surface area contributed by atoms with Crippen molar-refractivity contribution >= 4 is 22.6 Å². The molecule has 20 heavy (non-hydrogen) atoms. The number of nitrogens with one attached hydrogen (secondary N) is 1. The SMILES string of the molecule is CCCNC(CCc1nccn1C)c1ccc(I)cc1. The predicted octanol–water partition coefficient (Wildman–Crippen LogP) is 3.70. The third-order valence-corrected chi connectivity index (χ3v) is 4.21. The number of aryl methyl sites for hydroxylation is 2. The molecule has 1 N–H and O–H groups in total. The van der Waals surface area contributed by atoms with E-state index in [9.17, 15) is 0 Å². The Bertz CT molecular complexity index is 519. The molecule has 0 aliphatic heterocycles. The van der Waals surface area contributed by atoms with Gasteiger partial charge in [0.2, 0.25) is 0 Å². The Balaban J connectivity index is 2.03. The molecule has 0 bridgehead atoms. The maximum absolute atomic E-state index is 4.41. The number of hydrogen-bond acceptors (Lipinski definition) is 2. The molecule has 4 heteroatoms. The van der Waals surface area contributed by atoms with Crippen molar-refractivity contribution in [2.75, 3.05) is 6.54 Å². The van der Waals surface area contributed by atoms with E-state index in [4.69, 9.17) is 0 Å². The monoisotopic (exact) mass is 383 g/mol. The molecule has 0 saturated carbocycles. The first-order valence-electron chi connectivity index (χ1n) is 7.15. The fraction of sp³-hybridized carbons (Fsp3) is 0.438. The number of hydrogen-bond donors (Lipinski definition) is 1. The molecule has 108 valence electrons. The van der Waals surface area contributed by atoms with Crippen LogP contribution < -0.4 is 5.32 Å². The second kappa shape index (κ2) is 7.78. The van der Waals surface area contributed by atoms with E-state index in [0.29, 0.717) is 6.04 Å². The van der Waals surface area contributed by atoms with E-state index in [0.717, 1.165) is 31.6 Å². The first-order valence-corrected chi connectivity index (χ1v) is 8.23. The molecule has 0 radical (unpaired) electrons. The van der Waals surface area contributed by atoms with Crippen LogP contribution in [0.2, 0.25) is 0 Å². The van der Waals surface area contributed by atoms with Gasteiger partial charge in [-0.1, -0.05) is 19.1 Å². The van der Waals surface area contributed by atoms with Crippen molar-refractivity contribution in [1.82, 2.24) is 14.9 Å². The average molecular weight is 383 g/mol. The van der Waals surface area contributed by atoms with Gasteiger partial charge in [-0.2, -0.15) is 0 Å². The Labute approximate surface area is 134 Å². The Morgan fingerprint density at radius 1 is 1.30 bits per heavy atom. The molecule has 0 spiro atoms. The number of nitrogens with zero attached hydrogens (tertiary/aromatic N) is 2. The minimum atomic E-state index is 0.406. The van der Waals surface area contributed by atoms with Crippen molar-refractivity contribution in [3.05, 3.63) is 51.6 Å². The molecule has 2 rings (SSSR count). The van der Waals surface area contributed by atoms with E-state index in [1.807, 2.05) is 12.4 Å². The minimum Gasteiger partial charge on any atom is -0.338 e. The van der Waals surface area contributed by atoms with Crippen molar-refractivity contribution in [1.29, 1.82) is 0 Å². The van der Waals surface area contributed by atoms with Gasteiger partial charge >= 0.3 is 0 Å². The lowest BCUT2D eigenvalue weighted by molar-refractivity contribution is 0.491. The molecule has 1 heterocycles. The predicted molar refractivity (Wildman–Crippen MR) is 91.7 cm³/mol. The summed E-state index contributed by atoms with van der Waals surface area (Å²) < 4.78 is 3.38. The zero-order chi connectivity index (χ0) is 14.4. The summed E-state index contributed by atoms with van der Waals surface area (Å²) in [6.07, 6.45) is 7.11. The van der Waals surface area contributed by atoms with Crippen LogP contribution >= 0.6 is 22.6 Å². The number of rotatable bonds is 7. The van der Waals surface area contributed by atoms with Crippen LogP contribution in [0, 0.1) is 3.57 Å². The number of imidazole rings is 1. The third kappa shape index (κ3) is 4.31. The highest BCUT2D eigenvalue weighted by atomic mass is 127. The van der Waals surface area contributed by atoms with E-state index in [-0.39, 0.29) is 0 Å². The van der Waals surface area contributed by atoms with E-state index in [2.05, 4.69) is 75.7 Å². The van der Waals surface area contributed by atoms with Gasteiger partial charge in [-0.25, -0.2) is 4.98 Å². The molecule has 0 saturated heterocycles. The average Bonchev–Trinajstić information content (AvgIpc) is 2.86. The lowest BCUT2D eigenvalue weighted by Gasteiger charge is -2.19. The summed E-state index contributed by atoms with van der Waals surface area (Å²) in [4.78, 5) is 4.41. The van der Waals surface area contributed by atoms with Crippen molar-refractivity contribution in [3.8, 4) is 0 Å². The van der Waals surface area contributed by atoms with Gasteiger partial charge < -0.3 is 9.88 Å². The van der Waals surface area contributed by atoms with Gasteiger partial charge in [0.15, 0.2) is 0 Å². The van der Waals surface area contributed by atoms with Crippen molar-refractivity contribution < 1.29 is 0 Å². The zero-order valence-electron chi connectivity index (χ0n) is 12.1. The largest absolute Gasteiger partial charge is 0.338 e. The Morgan fingerprint density at radius 2 is 2.05 bits per heavy atom. The number of aromatic nitrogens is 2. The van der Waals surface area contributed by atoms with Crippen LogP contribution in [-0.4, -0.2) is 16.1 Å². The summed E-state index contributed by atoms with van der Waals surface area (Å²) in [7, 11) is 2.06. The second-order valence-corrected chi connectivity index (χ2v) is 6.30. The lowest BCUT2D eigenvalue weighted by Crippen LogP contribution is -2.23. The summed E-state index contributed by atoms with van der Waals surface area (Å²) in [5, 5.41) is 3.65. The van der Waals surface area contributed by atoms with Crippen LogP contribution in [0.1, 0.15) is 37.2 Å². The standard InChI is InChI=1S/C16H22IN3/c1-3-10-18-15(13-4-6-14(17)7-5-13)8-9-16-19-11-12-20(16)2/h4-7,11-12,15,18H,3,8-10H2,1-2H3. The second-order valence-electron chi connectivity index (χ2n) is 5.05. The summed E-state index contributed by atoms with van der Waals surface area (Å²) >= 11 is 2.35. The van der Waals surface area contributed by atoms with Crippen LogP contribution in [-0.2, 0) is 13.5 Å². The first kappa shape index (κ1) is 15.5. The highest BCUT2D eigenvalue weighted by Gasteiger charge is 2.12. The van der Waals surface area contributed by atoms with Gasteiger partial charge in [0, 0.05) is 35.5 Å². The van der Waals surface area contributed by atoms with E-state index in [1.54, 1.807) is 0 Å². The molecule has 0 amide bonds. The third-order valence-electron chi connectivity index (χ3n) is 3.49. The zero-order valence-corrected chi connectivity index (χ0v) is 14.3. The first-order chi connectivity index (χ1) is 9.70. The van der Waals surface area contributed by atoms with E-state index in [1.165, 1.54) is 9.13 Å². The van der Waals surface area contributed by atoms with Crippen molar-refractivity contribution in [3.63, 3.8) is 0 Å². The molecule has 0 aliphatic carbocycles. The van der Waals surface area contributed by atoms with Gasteiger partial charge in [-0.3, -0.25) is 0 Å². The molecule has 1 atom stereocenters. The quantitative estimate of drug-likeness (QED) is 0.739. The van der Waals surface area contributed by atoms with Crippen molar-refractivity contribution in [2.24, 2.45) is 7.05 Å². The van der Waals surface area contributed by atoms with Crippen LogP contribution in [0.25, 0.3) is 0 Å². The summed E-state index contributed by atoms with van der Waals surface area (Å²) in [6.45, 7) is 3.26. The number of benzene rings is 1. The van der Waals surface area contributed by atoms with E-state index >= 15 is 0 Å². The maximum atomic E-state index is 4.41. The van der Waals surface area contributed by atoms with Crippen LogP contribution in [0.5, 0.6) is 0 Å². The minimum absolute atomic E-state index is 0.406. The van der Waals surface area contributed by atoms with Gasteiger partial charge in [0.25, 0.3) is 0 Å². The van der Waals surface area contributed by atoms with E-state index < -0.39 is 0 Å². The molecule has 0 aliphatic rings. The maximum Gasteiger partial charge on any atom is 0.108 e. The van der Waals surface area contributed by atoms with Gasteiger partial charge in [-0.15, -0.1) is 0 Å².